The summed E-state index contributed by atoms with van der Waals surface area (Å²) in [6.45, 7) is 5.04. The Kier molecular flexibility index (Phi) is 4.39. The number of nitrogens with zero attached hydrogens (tertiary/aromatic N) is 2. The van der Waals surface area contributed by atoms with Gasteiger partial charge in [-0.3, -0.25) is 9.69 Å². The molecule has 1 amide bonds. The summed E-state index contributed by atoms with van der Waals surface area (Å²) in [5.41, 5.74) is 0.649. The number of rotatable bonds is 6. The van der Waals surface area contributed by atoms with E-state index in [1.54, 1.807) is 6.20 Å². The first kappa shape index (κ1) is 14.3. The Hall–Kier alpha value is -1.62. The van der Waals surface area contributed by atoms with Gasteiger partial charge in [0, 0.05) is 37.9 Å². The highest BCUT2D eigenvalue weighted by Crippen LogP contribution is 2.29. The van der Waals surface area contributed by atoms with Crippen LogP contribution in [0.3, 0.4) is 0 Å². The van der Waals surface area contributed by atoms with E-state index in [0.717, 1.165) is 38.5 Å². The summed E-state index contributed by atoms with van der Waals surface area (Å²) in [5.74, 6) is 0.679. The second-order valence-corrected chi connectivity index (χ2v) is 6.01. The van der Waals surface area contributed by atoms with Gasteiger partial charge in [0.1, 0.15) is 5.82 Å². The Bertz CT molecular complexity index is 501. The fraction of sp³-hybridized carbons (Fsp3) is 0.625. The van der Waals surface area contributed by atoms with Gasteiger partial charge < -0.3 is 10.6 Å². The number of likely N-dealkylation sites (tertiary alicyclic amines) is 1. The topological polar surface area (TPSA) is 57.3 Å². The molecule has 5 nitrogen and oxygen atoms in total. The quantitative estimate of drug-likeness (QED) is 0.839. The van der Waals surface area contributed by atoms with Gasteiger partial charge in [-0.25, -0.2) is 4.98 Å². The van der Waals surface area contributed by atoms with Crippen molar-refractivity contribution in [2.45, 2.75) is 44.7 Å². The zero-order valence-electron chi connectivity index (χ0n) is 12.6. The van der Waals surface area contributed by atoms with Gasteiger partial charge in [-0.2, -0.15) is 0 Å². The smallest absolute Gasteiger partial charge is 0.255 e. The van der Waals surface area contributed by atoms with E-state index < -0.39 is 0 Å². The minimum absolute atomic E-state index is 0.00986. The number of hydrogen-bond acceptors (Lipinski definition) is 4. The molecular weight excluding hydrogens is 264 g/mol. The lowest BCUT2D eigenvalue weighted by molar-refractivity contribution is 0.0938. The van der Waals surface area contributed by atoms with E-state index in [1.165, 1.54) is 12.8 Å². The second kappa shape index (κ2) is 6.43. The third-order valence-electron chi connectivity index (χ3n) is 4.21. The third kappa shape index (κ3) is 3.53. The predicted molar refractivity (Wildman–Crippen MR) is 83.5 cm³/mol. The summed E-state index contributed by atoms with van der Waals surface area (Å²) < 4.78 is 0. The molecule has 1 aliphatic heterocycles. The lowest BCUT2D eigenvalue weighted by atomic mass is 10.2. The minimum atomic E-state index is -0.00986. The first-order valence-corrected chi connectivity index (χ1v) is 8.01. The van der Waals surface area contributed by atoms with Crippen molar-refractivity contribution in [2.75, 3.05) is 25.0 Å². The maximum atomic E-state index is 12.5. The molecule has 1 aliphatic carbocycles. The van der Waals surface area contributed by atoms with Crippen LogP contribution in [0.25, 0.3) is 0 Å². The van der Waals surface area contributed by atoms with Crippen LogP contribution in [0, 0.1) is 0 Å². The summed E-state index contributed by atoms with van der Waals surface area (Å²) in [6, 6.07) is 4.72. The van der Waals surface area contributed by atoms with E-state index >= 15 is 0 Å². The molecule has 2 N–H and O–H groups in total. The molecule has 1 saturated carbocycles. The number of carbonyl (C=O) groups excluding carboxylic acids is 1. The SMILES string of the molecule is CCCNc1ncccc1C(=O)NC1CCN(C2CC2)C1. The van der Waals surface area contributed by atoms with Gasteiger partial charge in [-0.1, -0.05) is 6.92 Å². The minimum Gasteiger partial charge on any atom is -0.369 e. The zero-order chi connectivity index (χ0) is 14.7. The molecule has 1 aromatic heterocycles. The first-order valence-electron chi connectivity index (χ1n) is 8.01. The number of nitrogens with one attached hydrogen (secondary N) is 2. The Labute approximate surface area is 126 Å². The van der Waals surface area contributed by atoms with Crippen LogP contribution in [0.15, 0.2) is 18.3 Å². The van der Waals surface area contributed by atoms with Crippen molar-refractivity contribution >= 4 is 11.7 Å². The molecular formula is C16H24N4O. The van der Waals surface area contributed by atoms with E-state index in [4.69, 9.17) is 0 Å². The van der Waals surface area contributed by atoms with Crippen LogP contribution < -0.4 is 10.6 Å². The standard InChI is InChI=1S/C16H24N4O/c1-2-8-17-15-14(4-3-9-18-15)16(21)19-12-7-10-20(11-12)13-5-6-13/h3-4,9,12-13H,2,5-8,10-11H2,1H3,(H,17,18)(H,19,21). The monoisotopic (exact) mass is 288 g/mol. The van der Waals surface area contributed by atoms with Crippen LogP contribution in [0.4, 0.5) is 5.82 Å². The van der Waals surface area contributed by atoms with Gasteiger partial charge in [0.25, 0.3) is 5.91 Å². The highest BCUT2D eigenvalue weighted by molar-refractivity contribution is 5.98. The molecule has 0 radical (unpaired) electrons. The fourth-order valence-electron chi connectivity index (χ4n) is 2.91. The second-order valence-electron chi connectivity index (χ2n) is 6.01. The lowest BCUT2D eigenvalue weighted by Gasteiger charge is -2.16. The van der Waals surface area contributed by atoms with E-state index in [2.05, 4.69) is 27.4 Å². The molecule has 2 aliphatic rings. The summed E-state index contributed by atoms with van der Waals surface area (Å²) in [4.78, 5) is 19.3. The number of carbonyl (C=O) groups is 1. The van der Waals surface area contributed by atoms with E-state index in [-0.39, 0.29) is 11.9 Å². The van der Waals surface area contributed by atoms with Gasteiger partial charge in [0.15, 0.2) is 0 Å². The predicted octanol–water partition coefficient (Wildman–Crippen LogP) is 1.87. The molecule has 1 saturated heterocycles. The summed E-state index contributed by atoms with van der Waals surface area (Å²) in [7, 11) is 0. The summed E-state index contributed by atoms with van der Waals surface area (Å²) in [6.07, 6.45) is 6.44. The maximum absolute atomic E-state index is 12.5. The molecule has 2 fully saturated rings. The molecule has 0 bridgehead atoms. The normalized spacial score (nSPS) is 22.2. The van der Waals surface area contributed by atoms with E-state index in [9.17, 15) is 4.79 Å². The Morgan fingerprint density at radius 2 is 2.29 bits per heavy atom. The molecule has 1 unspecified atom stereocenters. The average Bonchev–Trinajstić information content (AvgIpc) is 3.26. The fourth-order valence-corrected chi connectivity index (χ4v) is 2.91. The summed E-state index contributed by atoms with van der Waals surface area (Å²) >= 11 is 0. The van der Waals surface area contributed by atoms with Gasteiger partial charge >= 0.3 is 0 Å². The number of aromatic nitrogens is 1. The van der Waals surface area contributed by atoms with Crippen molar-refractivity contribution < 1.29 is 4.79 Å². The number of amides is 1. The molecule has 2 heterocycles. The van der Waals surface area contributed by atoms with Crippen LogP contribution in [-0.4, -0.2) is 47.5 Å². The molecule has 0 spiro atoms. The summed E-state index contributed by atoms with van der Waals surface area (Å²) in [5, 5.41) is 6.39. The number of anilines is 1. The molecule has 3 rings (SSSR count). The number of pyridine rings is 1. The van der Waals surface area contributed by atoms with Crippen LogP contribution in [0.5, 0.6) is 0 Å². The van der Waals surface area contributed by atoms with Crippen LogP contribution >= 0.6 is 0 Å². The molecule has 5 heteroatoms. The molecule has 1 atom stereocenters. The molecule has 114 valence electrons. The van der Waals surface area contributed by atoms with E-state index in [1.807, 2.05) is 12.1 Å². The van der Waals surface area contributed by atoms with Crippen molar-refractivity contribution in [3.05, 3.63) is 23.9 Å². The van der Waals surface area contributed by atoms with Crippen molar-refractivity contribution in [1.82, 2.24) is 15.2 Å². The zero-order valence-corrected chi connectivity index (χ0v) is 12.6. The largest absolute Gasteiger partial charge is 0.369 e. The van der Waals surface area contributed by atoms with Gasteiger partial charge in [0.05, 0.1) is 5.56 Å². The highest BCUT2D eigenvalue weighted by atomic mass is 16.1. The third-order valence-corrected chi connectivity index (χ3v) is 4.21. The molecule has 0 aromatic carbocycles. The van der Waals surface area contributed by atoms with Crippen molar-refractivity contribution in [2.24, 2.45) is 0 Å². The van der Waals surface area contributed by atoms with Crippen molar-refractivity contribution in [1.29, 1.82) is 0 Å². The molecule has 1 aromatic rings. The van der Waals surface area contributed by atoms with Crippen molar-refractivity contribution in [3.63, 3.8) is 0 Å². The molecule has 21 heavy (non-hydrogen) atoms. The van der Waals surface area contributed by atoms with Gasteiger partial charge in [-0.15, -0.1) is 0 Å². The highest BCUT2D eigenvalue weighted by Gasteiger charge is 2.34. The van der Waals surface area contributed by atoms with Crippen LogP contribution in [0.2, 0.25) is 0 Å². The van der Waals surface area contributed by atoms with Gasteiger partial charge in [-0.05, 0) is 37.8 Å². The van der Waals surface area contributed by atoms with Crippen LogP contribution in [0.1, 0.15) is 43.0 Å². The van der Waals surface area contributed by atoms with E-state index in [0.29, 0.717) is 11.4 Å². The van der Waals surface area contributed by atoms with Crippen molar-refractivity contribution in [3.8, 4) is 0 Å². The Morgan fingerprint density at radius 3 is 3.05 bits per heavy atom. The van der Waals surface area contributed by atoms with Crippen LogP contribution in [-0.2, 0) is 0 Å². The maximum Gasteiger partial charge on any atom is 0.255 e. The average molecular weight is 288 g/mol. The lowest BCUT2D eigenvalue weighted by Crippen LogP contribution is -2.37. The Balaban J connectivity index is 1.59. The van der Waals surface area contributed by atoms with Gasteiger partial charge in [0.2, 0.25) is 0 Å². The Morgan fingerprint density at radius 1 is 1.43 bits per heavy atom. The number of hydrogen-bond donors (Lipinski definition) is 2. The first-order chi connectivity index (χ1) is 10.3.